The average Bonchev–Trinajstić information content (AvgIpc) is 2.90. The van der Waals surface area contributed by atoms with Gasteiger partial charge in [-0.25, -0.2) is 16.8 Å². The molecule has 40 heavy (non-hydrogen) atoms. The van der Waals surface area contributed by atoms with Gasteiger partial charge in [0.05, 0.1) is 34.3 Å². The van der Waals surface area contributed by atoms with Gasteiger partial charge in [-0.15, -0.1) is 6.58 Å². The molecular formula is C27H27Cl2N3O6S2. The Kier molecular flexibility index (Phi) is 9.23. The minimum Gasteiger partial charge on any atom is -0.379 e. The van der Waals surface area contributed by atoms with Crippen LogP contribution in [0.1, 0.15) is 15.9 Å². The van der Waals surface area contributed by atoms with E-state index in [-0.39, 0.29) is 26.1 Å². The summed E-state index contributed by atoms with van der Waals surface area (Å²) in [6.07, 6.45) is 1.40. The van der Waals surface area contributed by atoms with Gasteiger partial charge in [-0.1, -0.05) is 29.3 Å². The van der Waals surface area contributed by atoms with Gasteiger partial charge in [0.2, 0.25) is 0 Å². The summed E-state index contributed by atoms with van der Waals surface area (Å²) < 4.78 is 60.5. The lowest BCUT2D eigenvalue weighted by Gasteiger charge is -2.32. The van der Waals surface area contributed by atoms with Gasteiger partial charge in [-0.2, -0.15) is 0 Å². The number of nitrogens with one attached hydrogen (secondary N) is 2. The van der Waals surface area contributed by atoms with Crippen molar-refractivity contribution in [2.24, 2.45) is 0 Å². The van der Waals surface area contributed by atoms with Gasteiger partial charge < -0.3 is 10.1 Å². The van der Waals surface area contributed by atoms with Crippen LogP contribution in [0.5, 0.6) is 0 Å². The van der Waals surface area contributed by atoms with Crippen molar-refractivity contribution in [3.63, 3.8) is 0 Å². The van der Waals surface area contributed by atoms with Crippen LogP contribution in [0.4, 0.5) is 11.4 Å². The van der Waals surface area contributed by atoms with E-state index in [9.17, 15) is 21.6 Å². The Morgan fingerprint density at radius 2 is 1.62 bits per heavy atom. The van der Waals surface area contributed by atoms with Crippen LogP contribution in [0, 0.1) is 6.92 Å². The van der Waals surface area contributed by atoms with E-state index in [0.717, 1.165) is 0 Å². The van der Waals surface area contributed by atoms with Gasteiger partial charge in [0.1, 0.15) is 5.37 Å². The molecule has 0 radical (unpaired) electrons. The highest BCUT2D eigenvalue weighted by Crippen LogP contribution is 2.28. The number of sulfone groups is 1. The van der Waals surface area contributed by atoms with Crippen LogP contribution in [0.2, 0.25) is 10.0 Å². The summed E-state index contributed by atoms with van der Waals surface area (Å²) in [6, 6.07) is 14.2. The van der Waals surface area contributed by atoms with Gasteiger partial charge >= 0.3 is 0 Å². The largest absolute Gasteiger partial charge is 0.379 e. The Morgan fingerprint density at radius 1 is 0.975 bits per heavy atom. The SMILES string of the molecule is C=CC(N1CCOCC1)S(=O)(=O)c1ccc(NC(=O)c2cc(Cl)ccc2NS(=O)(=O)c2ccc(Cl)cc2)cc1C. The third-order valence-electron chi connectivity index (χ3n) is 6.26. The zero-order chi connectivity index (χ0) is 29.1. The Hall–Kier alpha value is -2.93. The molecule has 1 amide bonds. The first-order valence-electron chi connectivity index (χ1n) is 12.1. The zero-order valence-corrected chi connectivity index (χ0v) is 24.6. The van der Waals surface area contributed by atoms with Crippen molar-refractivity contribution in [1.29, 1.82) is 0 Å². The van der Waals surface area contributed by atoms with E-state index >= 15 is 0 Å². The maximum Gasteiger partial charge on any atom is 0.261 e. The molecular weight excluding hydrogens is 597 g/mol. The number of nitrogens with zero attached hydrogens (tertiary/aromatic N) is 1. The lowest BCUT2D eigenvalue weighted by atomic mass is 10.1. The first kappa shape index (κ1) is 30.0. The number of rotatable bonds is 9. The van der Waals surface area contributed by atoms with Crippen molar-refractivity contribution < 1.29 is 26.4 Å². The monoisotopic (exact) mass is 623 g/mol. The molecule has 1 fully saturated rings. The fourth-order valence-electron chi connectivity index (χ4n) is 4.29. The molecule has 3 aromatic carbocycles. The zero-order valence-electron chi connectivity index (χ0n) is 21.4. The second-order valence-electron chi connectivity index (χ2n) is 9.00. The van der Waals surface area contributed by atoms with Crippen LogP contribution in [-0.4, -0.2) is 59.3 Å². The molecule has 3 aromatic rings. The molecule has 0 spiro atoms. The molecule has 1 aliphatic heterocycles. The fraction of sp³-hybridized carbons (Fsp3) is 0.222. The number of carbonyl (C=O) groups excluding carboxylic acids is 1. The van der Waals surface area contributed by atoms with Gasteiger partial charge in [-0.3, -0.25) is 14.4 Å². The van der Waals surface area contributed by atoms with Crippen LogP contribution in [-0.2, 0) is 24.6 Å². The van der Waals surface area contributed by atoms with E-state index in [4.69, 9.17) is 27.9 Å². The van der Waals surface area contributed by atoms with E-state index in [0.29, 0.717) is 42.6 Å². The molecule has 0 bridgehead atoms. The first-order valence-corrected chi connectivity index (χ1v) is 15.9. The summed E-state index contributed by atoms with van der Waals surface area (Å²) in [5.74, 6) is -0.649. The average molecular weight is 625 g/mol. The number of anilines is 2. The summed E-state index contributed by atoms with van der Waals surface area (Å²) in [6.45, 7) is 7.16. The molecule has 1 aliphatic rings. The minimum atomic E-state index is -4.04. The molecule has 2 N–H and O–H groups in total. The van der Waals surface area contributed by atoms with Gasteiger partial charge in [-0.05, 0) is 73.2 Å². The van der Waals surface area contributed by atoms with Gasteiger partial charge in [0.25, 0.3) is 15.9 Å². The molecule has 1 heterocycles. The maximum atomic E-state index is 13.5. The highest BCUT2D eigenvalue weighted by atomic mass is 35.5. The Labute approximate surface area is 243 Å². The van der Waals surface area contributed by atoms with E-state index in [2.05, 4.69) is 16.6 Å². The molecule has 4 rings (SSSR count). The van der Waals surface area contributed by atoms with Crippen molar-refractivity contribution in [2.45, 2.75) is 22.1 Å². The summed E-state index contributed by atoms with van der Waals surface area (Å²) >= 11 is 12.0. The van der Waals surface area contributed by atoms with Crippen molar-refractivity contribution in [2.75, 3.05) is 36.3 Å². The quantitative estimate of drug-likeness (QED) is 0.323. The maximum absolute atomic E-state index is 13.5. The minimum absolute atomic E-state index is 0.00658. The van der Waals surface area contributed by atoms with Crippen LogP contribution < -0.4 is 10.0 Å². The molecule has 9 nitrogen and oxygen atoms in total. The number of morpholine rings is 1. The summed E-state index contributed by atoms with van der Waals surface area (Å²) in [4.78, 5) is 15.1. The number of benzene rings is 3. The lowest BCUT2D eigenvalue weighted by Crippen LogP contribution is -2.46. The van der Waals surface area contributed by atoms with Crippen LogP contribution in [0.15, 0.2) is 83.1 Å². The number of halogens is 2. The fourth-order valence-corrected chi connectivity index (χ4v) is 7.55. The van der Waals surface area contributed by atoms with Crippen LogP contribution >= 0.6 is 23.2 Å². The highest BCUT2D eigenvalue weighted by molar-refractivity contribution is 7.92. The number of carbonyl (C=O) groups is 1. The second-order valence-corrected chi connectivity index (χ2v) is 13.6. The van der Waals surface area contributed by atoms with Crippen molar-refractivity contribution in [1.82, 2.24) is 4.90 Å². The molecule has 0 aliphatic carbocycles. The third kappa shape index (κ3) is 6.68. The predicted molar refractivity (Wildman–Crippen MR) is 156 cm³/mol. The Bertz CT molecular complexity index is 1640. The van der Waals surface area contributed by atoms with Crippen LogP contribution in [0.25, 0.3) is 0 Å². The number of ether oxygens (including phenoxy) is 1. The van der Waals surface area contributed by atoms with E-state index in [1.165, 1.54) is 66.7 Å². The number of hydrogen-bond acceptors (Lipinski definition) is 7. The molecule has 1 saturated heterocycles. The van der Waals surface area contributed by atoms with Gasteiger partial charge in [0, 0.05) is 28.8 Å². The normalized spacial score (nSPS) is 15.3. The standard InChI is InChI=1S/C27H27Cl2N3O6S2/c1-3-26(32-12-14-38-15-13-32)39(34,35)25-11-7-21(16-18(25)2)30-27(33)23-17-20(29)6-10-24(23)31-40(36,37)22-8-4-19(28)5-9-22/h3-11,16-17,26,31H,1,12-15H2,2H3,(H,30,33). The molecule has 0 aromatic heterocycles. The topological polar surface area (TPSA) is 122 Å². The molecule has 212 valence electrons. The summed E-state index contributed by atoms with van der Waals surface area (Å²) in [5, 5.41) is 2.37. The van der Waals surface area contributed by atoms with Crippen molar-refractivity contribution in [3.05, 3.63) is 94.5 Å². The molecule has 13 heteroatoms. The number of aryl methyl sites for hydroxylation is 1. The number of hydrogen-bond donors (Lipinski definition) is 2. The second kappa shape index (κ2) is 12.3. The molecule has 1 unspecified atom stereocenters. The van der Waals surface area contributed by atoms with Crippen molar-refractivity contribution in [3.8, 4) is 0 Å². The predicted octanol–water partition coefficient (Wildman–Crippen LogP) is 4.97. The molecule has 1 atom stereocenters. The molecule has 0 saturated carbocycles. The first-order chi connectivity index (χ1) is 18.9. The summed E-state index contributed by atoms with van der Waals surface area (Å²) in [7, 11) is -7.84. The Balaban J connectivity index is 1.58. The van der Waals surface area contributed by atoms with Crippen LogP contribution in [0.3, 0.4) is 0 Å². The number of amides is 1. The lowest BCUT2D eigenvalue weighted by molar-refractivity contribution is 0.0374. The van der Waals surface area contributed by atoms with E-state index in [1.807, 2.05) is 0 Å². The third-order valence-corrected chi connectivity index (χ3v) is 10.3. The van der Waals surface area contributed by atoms with E-state index < -0.39 is 31.1 Å². The van der Waals surface area contributed by atoms with Crippen molar-refractivity contribution >= 4 is 60.3 Å². The Morgan fingerprint density at radius 3 is 2.25 bits per heavy atom. The van der Waals surface area contributed by atoms with Gasteiger partial charge in [0.15, 0.2) is 9.84 Å². The smallest absolute Gasteiger partial charge is 0.261 e. The van der Waals surface area contributed by atoms with E-state index in [1.54, 1.807) is 11.8 Å². The summed E-state index contributed by atoms with van der Waals surface area (Å²) in [5.41, 5.74) is 0.715. The highest BCUT2D eigenvalue weighted by Gasteiger charge is 2.32. The number of sulfonamides is 1.